The molecule has 1 atom stereocenters. The number of likely N-dealkylation sites (N-methyl/N-ethyl adjacent to an activating group) is 1. The maximum Gasteiger partial charge on any atom is 0.416 e. The molecule has 18 heavy (non-hydrogen) atoms. The summed E-state index contributed by atoms with van der Waals surface area (Å²) in [5.41, 5.74) is 0. The maximum absolute atomic E-state index is 11.9. The van der Waals surface area contributed by atoms with Crippen molar-refractivity contribution in [1.29, 1.82) is 0 Å². The highest BCUT2D eigenvalue weighted by molar-refractivity contribution is 5.94. The summed E-state index contributed by atoms with van der Waals surface area (Å²) in [7, 11) is 1.87. The first-order chi connectivity index (χ1) is 8.70. The lowest BCUT2D eigenvalue weighted by Gasteiger charge is -2.32. The normalized spacial score (nSPS) is 25.3. The van der Waals surface area contributed by atoms with Gasteiger partial charge in [0, 0.05) is 19.6 Å². The highest BCUT2D eigenvalue weighted by Gasteiger charge is 2.30. The van der Waals surface area contributed by atoms with Gasteiger partial charge in [-0.3, -0.25) is 9.69 Å². The number of carbonyl (C=O) groups excluding carboxylic acids is 2. The molecular weight excluding hydrogens is 238 g/mol. The molecule has 7 nitrogen and oxygen atoms in total. The molecule has 0 bridgehead atoms. The Labute approximate surface area is 106 Å². The van der Waals surface area contributed by atoms with Gasteiger partial charge in [-0.1, -0.05) is 0 Å². The maximum atomic E-state index is 11.9. The fourth-order valence-corrected chi connectivity index (χ4v) is 2.17. The zero-order chi connectivity index (χ0) is 13.0. The van der Waals surface area contributed by atoms with Crippen molar-refractivity contribution in [3.8, 4) is 0 Å². The van der Waals surface area contributed by atoms with E-state index in [1.165, 1.54) is 4.90 Å². The predicted molar refractivity (Wildman–Crippen MR) is 63.2 cm³/mol. The number of hydrogen-bond donors (Lipinski definition) is 1. The van der Waals surface area contributed by atoms with Crippen LogP contribution < -0.4 is 5.32 Å². The van der Waals surface area contributed by atoms with E-state index in [2.05, 4.69) is 5.32 Å². The number of ether oxygens (including phenoxy) is 2. The average Bonchev–Trinajstić information content (AvgIpc) is 2.76. The molecule has 2 heterocycles. The second kappa shape index (κ2) is 6.12. The van der Waals surface area contributed by atoms with Gasteiger partial charge in [0.05, 0.1) is 25.8 Å². The Balaban J connectivity index is 1.81. The highest BCUT2D eigenvalue weighted by Crippen LogP contribution is 2.08. The van der Waals surface area contributed by atoms with Gasteiger partial charge in [-0.05, 0) is 7.05 Å². The van der Waals surface area contributed by atoms with E-state index in [1.54, 1.807) is 0 Å². The van der Waals surface area contributed by atoms with E-state index in [1.807, 2.05) is 11.9 Å². The number of rotatable bonds is 4. The Kier molecular flexibility index (Phi) is 4.51. The van der Waals surface area contributed by atoms with Crippen LogP contribution in [-0.4, -0.2) is 80.9 Å². The van der Waals surface area contributed by atoms with Crippen molar-refractivity contribution in [2.24, 2.45) is 0 Å². The van der Waals surface area contributed by atoms with E-state index in [0.717, 1.165) is 13.1 Å². The van der Waals surface area contributed by atoms with Crippen molar-refractivity contribution >= 4 is 12.0 Å². The first-order valence-electron chi connectivity index (χ1n) is 6.16. The number of hydrogen-bond acceptors (Lipinski definition) is 6. The Bertz CT molecular complexity index is 321. The standard InChI is InChI=1S/C11H19N3O4/c1-12-6-9-7-13(2-4-17-9)8-10(15)14-3-5-18-11(14)16/h9,12H,2-8H2,1H3. The summed E-state index contributed by atoms with van der Waals surface area (Å²) in [5.74, 6) is -0.192. The van der Waals surface area contributed by atoms with Crippen LogP contribution in [0.5, 0.6) is 0 Å². The lowest BCUT2D eigenvalue weighted by Crippen LogP contribution is -2.50. The summed E-state index contributed by atoms with van der Waals surface area (Å²) < 4.78 is 10.3. The highest BCUT2D eigenvalue weighted by atomic mass is 16.6. The predicted octanol–water partition coefficient (Wildman–Crippen LogP) is -1.11. The van der Waals surface area contributed by atoms with Crippen LogP contribution in [-0.2, 0) is 14.3 Å². The molecule has 2 aliphatic heterocycles. The summed E-state index contributed by atoms with van der Waals surface area (Å²) in [6, 6.07) is 0. The molecule has 0 aliphatic carbocycles. The zero-order valence-electron chi connectivity index (χ0n) is 10.6. The number of morpholine rings is 1. The van der Waals surface area contributed by atoms with E-state index in [9.17, 15) is 9.59 Å². The number of cyclic esters (lactones) is 1. The molecule has 0 spiro atoms. The third kappa shape index (κ3) is 3.18. The van der Waals surface area contributed by atoms with Crippen LogP contribution in [0.25, 0.3) is 0 Å². The first-order valence-corrected chi connectivity index (χ1v) is 6.16. The van der Waals surface area contributed by atoms with Gasteiger partial charge < -0.3 is 14.8 Å². The molecule has 0 saturated carbocycles. The molecule has 2 saturated heterocycles. The summed E-state index contributed by atoms with van der Waals surface area (Å²) in [4.78, 5) is 26.4. The van der Waals surface area contributed by atoms with Crippen LogP contribution in [0.15, 0.2) is 0 Å². The molecule has 0 aromatic carbocycles. The van der Waals surface area contributed by atoms with E-state index < -0.39 is 6.09 Å². The summed E-state index contributed by atoms with van der Waals surface area (Å²) >= 11 is 0. The molecule has 102 valence electrons. The van der Waals surface area contributed by atoms with E-state index in [0.29, 0.717) is 26.3 Å². The lowest BCUT2D eigenvalue weighted by atomic mass is 10.2. The van der Waals surface area contributed by atoms with Crippen LogP contribution in [0.1, 0.15) is 0 Å². The molecule has 7 heteroatoms. The first kappa shape index (κ1) is 13.3. The smallest absolute Gasteiger partial charge is 0.416 e. The Hall–Kier alpha value is -1.18. The van der Waals surface area contributed by atoms with Crippen LogP contribution >= 0.6 is 0 Å². The van der Waals surface area contributed by atoms with Crippen LogP contribution in [0.2, 0.25) is 0 Å². The molecule has 1 unspecified atom stereocenters. The summed E-state index contributed by atoms with van der Waals surface area (Å²) in [5, 5.41) is 3.05. The van der Waals surface area contributed by atoms with Crippen molar-refractivity contribution in [2.75, 3.05) is 53.0 Å². The number of nitrogens with one attached hydrogen (secondary N) is 1. The summed E-state index contributed by atoms with van der Waals surface area (Å²) in [6.07, 6.45) is -0.429. The van der Waals surface area contributed by atoms with Crippen LogP contribution in [0, 0.1) is 0 Å². The topological polar surface area (TPSA) is 71.1 Å². The second-order valence-corrected chi connectivity index (χ2v) is 4.45. The van der Waals surface area contributed by atoms with Crippen molar-refractivity contribution in [2.45, 2.75) is 6.10 Å². The van der Waals surface area contributed by atoms with E-state index in [-0.39, 0.29) is 18.6 Å². The molecule has 1 N–H and O–H groups in total. The van der Waals surface area contributed by atoms with Gasteiger partial charge in [0.2, 0.25) is 5.91 Å². The third-order valence-electron chi connectivity index (χ3n) is 3.08. The number of imide groups is 1. The van der Waals surface area contributed by atoms with Gasteiger partial charge >= 0.3 is 6.09 Å². The molecule has 2 amide bonds. The monoisotopic (exact) mass is 257 g/mol. The van der Waals surface area contributed by atoms with Gasteiger partial charge in [0.1, 0.15) is 6.61 Å². The SMILES string of the molecule is CNCC1CN(CC(=O)N2CCOC2=O)CCO1. The molecule has 0 aromatic rings. The molecule has 2 rings (SSSR count). The van der Waals surface area contributed by atoms with Crippen molar-refractivity contribution in [3.63, 3.8) is 0 Å². The van der Waals surface area contributed by atoms with Crippen molar-refractivity contribution < 1.29 is 19.1 Å². The number of carbonyl (C=O) groups is 2. The molecular formula is C11H19N3O4. The minimum atomic E-state index is -0.528. The number of amides is 2. The van der Waals surface area contributed by atoms with E-state index in [4.69, 9.17) is 9.47 Å². The fourth-order valence-electron chi connectivity index (χ4n) is 2.17. The van der Waals surface area contributed by atoms with E-state index >= 15 is 0 Å². The molecule has 2 aliphatic rings. The minimum absolute atomic E-state index is 0.0991. The fraction of sp³-hybridized carbons (Fsp3) is 0.818. The quantitative estimate of drug-likeness (QED) is 0.688. The van der Waals surface area contributed by atoms with Gasteiger partial charge in [-0.15, -0.1) is 0 Å². The largest absolute Gasteiger partial charge is 0.447 e. The lowest BCUT2D eigenvalue weighted by molar-refractivity contribution is -0.130. The van der Waals surface area contributed by atoms with Crippen molar-refractivity contribution in [1.82, 2.24) is 15.1 Å². The Morgan fingerprint density at radius 1 is 1.44 bits per heavy atom. The van der Waals surface area contributed by atoms with Gasteiger partial charge in [0.15, 0.2) is 0 Å². The zero-order valence-corrected chi connectivity index (χ0v) is 10.6. The minimum Gasteiger partial charge on any atom is -0.447 e. The molecule has 2 fully saturated rings. The second-order valence-electron chi connectivity index (χ2n) is 4.45. The van der Waals surface area contributed by atoms with Crippen molar-refractivity contribution in [3.05, 3.63) is 0 Å². The van der Waals surface area contributed by atoms with Gasteiger partial charge in [0.25, 0.3) is 0 Å². The van der Waals surface area contributed by atoms with Gasteiger partial charge in [-0.2, -0.15) is 0 Å². The average molecular weight is 257 g/mol. The summed E-state index contributed by atoms with van der Waals surface area (Å²) in [6.45, 7) is 3.71. The van der Waals surface area contributed by atoms with Gasteiger partial charge in [-0.25, -0.2) is 9.69 Å². The Morgan fingerprint density at radius 2 is 2.28 bits per heavy atom. The van der Waals surface area contributed by atoms with Crippen LogP contribution in [0.3, 0.4) is 0 Å². The molecule has 0 radical (unpaired) electrons. The van der Waals surface area contributed by atoms with Crippen LogP contribution in [0.4, 0.5) is 4.79 Å². The molecule has 0 aromatic heterocycles. The number of nitrogens with zero attached hydrogens (tertiary/aromatic N) is 2. The Morgan fingerprint density at radius 3 is 2.94 bits per heavy atom. The third-order valence-corrected chi connectivity index (χ3v) is 3.08.